The minimum atomic E-state index is -3.87. The second kappa shape index (κ2) is 6.41. The van der Waals surface area contributed by atoms with Crippen molar-refractivity contribution in [3.05, 3.63) is 23.1 Å². The first-order valence-electron chi connectivity index (χ1n) is 6.42. The van der Waals surface area contributed by atoms with Crippen molar-refractivity contribution in [2.45, 2.75) is 36.3 Å². The number of sulfonamides is 1. The van der Waals surface area contributed by atoms with E-state index in [0.29, 0.717) is 12.0 Å². The molecule has 0 bridgehead atoms. The van der Waals surface area contributed by atoms with E-state index < -0.39 is 15.9 Å². The Labute approximate surface area is 122 Å². The maximum Gasteiger partial charge on any atom is 0.277 e. The van der Waals surface area contributed by atoms with Gasteiger partial charge in [-0.05, 0) is 37.1 Å². The quantitative estimate of drug-likeness (QED) is 0.926. The highest BCUT2D eigenvalue weighted by Gasteiger charge is 2.25. The van der Waals surface area contributed by atoms with E-state index in [2.05, 4.69) is 4.72 Å². The standard InChI is InChI=1S/C13H17NO4S2/c1-18-11-8-9-19-13(11)20(16,17)14-12(15)10-6-4-2-3-5-7-10/h6,8-9H,2-5,7H2,1H3,(H,14,15). The predicted molar refractivity (Wildman–Crippen MR) is 77.4 cm³/mol. The Morgan fingerprint density at radius 1 is 1.35 bits per heavy atom. The molecule has 1 heterocycles. The maximum absolute atomic E-state index is 12.2. The number of carbonyl (C=O) groups is 1. The molecular weight excluding hydrogens is 298 g/mol. The minimum Gasteiger partial charge on any atom is -0.494 e. The fourth-order valence-corrected chi connectivity index (χ4v) is 4.35. The second-order valence-corrected chi connectivity index (χ2v) is 7.33. The van der Waals surface area contributed by atoms with Crippen LogP contribution in [0.4, 0.5) is 0 Å². The number of nitrogens with one attached hydrogen (secondary N) is 1. The summed E-state index contributed by atoms with van der Waals surface area (Å²) in [7, 11) is -2.47. The molecule has 0 unspecified atom stereocenters. The summed E-state index contributed by atoms with van der Waals surface area (Å²) in [5, 5.41) is 1.61. The average molecular weight is 315 g/mol. The molecule has 2 rings (SSSR count). The molecule has 1 aromatic heterocycles. The fourth-order valence-electron chi connectivity index (χ4n) is 2.09. The second-order valence-electron chi connectivity index (χ2n) is 4.54. The number of methoxy groups -OCH3 is 1. The first kappa shape index (κ1) is 15.1. The normalized spacial score (nSPS) is 16.1. The van der Waals surface area contributed by atoms with Crippen LogP contribution < -0.4 is 9.46 Å². The third kappa shape index (κ3) is 3.40. The molecule has 1 amide bonds. The van der Waals surface area contributed by atoms with Gasteiger partial charge < -0.3 is 4.74 Å². The number of rotatable bonds is 4. The molecule has 1 aliphatic rings. The topological polar surface area (TPSA) is 72.5 Å². The molecule has 0 fully saturated rings. The molecule has 0 aliphatic heterocycles. The highest BCUT2D eigenvalue weighted by Crippen LogP contribution is 2.29. The van der Waals surface area contributed by atoms with E-state index >= 15 is 0 Å². The number of thiophene rings is 1. The Morgan fingerprint density at radius 2 is 2.15 bits per heavy atom. The van der Waals surface area contributed by atoms with Crippen molar-refractivity contribution < 1.29 is 17.9 Å². The monoisotopic (exact) mass is 315 g/mol. The maximum atomic E-state index is 12.2. The van der Waals surface area contributed by atoms with Crippen molar-refractivity contribution in [2.24, 2.45) is 0 Å². The zero-order valence-corrected chi connectivity index (χ0v) is 12.9. The Hall–Kier alpha value is -1.34. The number of carbonyl (C=O) groups excluding carboxylic acids is 1. The van der Waals surface area contributed by atoms with Crippen LogP contribution in [0.2, 0.25) is 0 Å². The van der Waals surface area contributed by atoms with Gasteiger partial charge in [-0.2, -0.15) is 0 Å². The van der Waals surface area contributed by atoms with Crippen molar-refractivity contribution >= 4 is 27.3 Å². The van der Waals surface area contributed by atoms with Crippen LogP contribution in [0.5, 0.6) is 5.75 Å². The predicted octanol–water partition coefficient (Wildman–Crippen LogP) is 2.45. The SMILES string of the molecule is COc1ccsc1S(=O)(=O)NC(=O)C1=CCCCCC1. The third-order valence-corrected chi connectivity index (χ3v) is 5.90. The van der Waals surface area contributed by atoms with E-state index in [1.165, 1.54) is 7.11 Å². The first-order valence-corrected chi connectivity index (χ1v) is 8.78. The molecule has 0 saturated heterocycles. The van der Waals surface area contributed by atoms with Crippen molar-refractivity contribution in [1.29, 1.82) is 0 Å². The van der Waals surface area contributed by atoms with Gasteiger partial charge in [-0.1, -0.05) is 12.5 Å². The number of amides is 1. The molecule has 1 aromatic rings. The largest absolute Gasteiger partial charge is 0.494 e. The fraction of sp³-hybridized carbons (Fsp3) is 0.462. The molecule has 0 aromatic carbocycles. The molecule has 7 heteroatoms. The van der Waals surface area contributed by atoms with Crippen molar-refractivity contribution in [1.82, 2.24) is 4.72 Å². The number of ether oxygens (including phenoxy) is 1. The smallest absolute Gasteiger partial charge is 0.277 e. The van der Waals surface area contributed by atoms with Gasteiger partial charge in [-0.25, -0.2) is 13.1 Å². The summed E-state index contributed by atoms with van der Waals surface area (Å²) in [6.07, 6.45) is 6.32. The summed E-state index contributed by atoms with van der Waals surface area (Å²) in [5.41, 5.74) is 0.557. The molecule has 0 spiro atoms. The lowest BCUT2D eigenvalue weighted by atomic mass is 10.1. The van der Waals surface area contributed by atoms with Crippen molar-refractivity contribution in [2.75, 3.05) is 7.11 Å². The summed E-state index contributed by atoms with van der Waals surface area (Å²) >= 11 is 1.03. The average Bonchev–Trinajstić information content (AvgIpc) is 2.73. The van der Waals surface area contributed by atoms with E-state index in [1.54, 1.807) is 11.4 Å². The van der Waals surface area contributed by atoms with Gasteiger partial charge in [0, 0.05) is 5.57 Å². The van der Waals surface area contributed by atoms with Gasteiger partial charge in [0.25, 0.3) is 15.9 Å². The van der Waals surface area contributed by atoms with Crippen LogP contribution in [0.15, 0.2) is 27.3 Å². The van der Waals surface area contributed by atoms with E-state index in [0.717, 1.165) is 37.0 Å². The molecule has 20 heavy (non-hydrogen) atoms. The molecule has 0 radical (unpaired) electrons. The van der Waals surface area contributed by atoms with Gasteiger partial charge in [-0.3, -0.25) is 4.79 Å². The lowest BCUT2D eigenvalue weighted by Crippen LogP contribution is -2.31. The lowest BCUT2D eigenvalue weighted by Gasteiger charge is -2.08. The highest BCUT2D eigenvalue weighted by atomic mass is 32.2. The van der Waals surface area contributed by atoms with Crippen LogP contribution in [0, 0.1) is 0 Å². The minimum absolute atomic E-state index is 0.0302. The van der Waals surface area contributed by atoms with Gasteiger partial charge >= 0.3 is 0 Å². The Morgan fingerprint density at radius 3 is 2.90 bits per heavy atom. The third-order valence-electron chi connectivity index (χ3n) is 3.12. The molecule has 110 valence electrons. The Kier molecular flexibility index (Phi) is 4.82. The van der Waals surface area contributed by atoms with Crippen LogP contribution in [0.3, 0.4) is 0 Å². The first-order chi connectivity index (χ1) is 9.54. The van der Waals surface area contributed by atoms with E-state index in [1.807, 2.05) is 6.08 Å². The van der Waals surface area contributed by atoms with Crippen LogP contribution in [0.25, 0.3) is 0 Å². The molecule has 0 saturated carbocycles. The summed E-state index contributed by atoms with van der Waals surface area (Å²) in [6, 6.07) is 1.56. The van der Waals surface area contributed by atoms with Crippen LogP contribution in [-0.2, 0) is 14.8 Å². The van der Waals surface area contributed by atoms with Crippen LogP contribution in [-0.4, -0.2) is 21.4 Å². The zero-order valence-electron chi connectivity index (χ0n) is 11.2. The van der Waals surface area contributed by atoms with E-state index in [4.69, 9.17) is 4.74 Å². The lowest BCUT2D eigenvalue weighted by molar-refractivity contribution is -0.116. The molecule has 1 N–H and O–H groups in total. The van der Waals surface area contributed by atoms with Gasteiger partial charge in [0.05, 0.1) is 7.11 Å². The van der Waals surface area contributed by atoms with Gasteiger partial charge in [0.1, 0.15) is 5.75 Å². The molecule has 1 aliphatic carbocycles. The summed E-state index contributed by atoms with van der Waals surface area (Å²) in [5.74, 6) is -0.271. The molecule has 0 atom stereocenters. The van der Waals surface area contributed by atoms with Crippen molar-refractivity contribution in [3.8, 4) is 5.75 Å². The summed E-state index contributed by atoms with van der Waals surface area (Å²) in [4.78, 5) is 12.1. The Balaban J connectivity index is 2.16. The van der Waals surface area contributed by atoms with Crippen LogP contribution >= 0.6 is 11.3 Å². The Bertz CT molecular complexity index is 616. The molecule has 5 nitrogen and oxygen atoms in total. The van der Waals surface area contributed by atoms with Gasteiger partial charge in [0.2, 0.25) is 0 Å². The highest BCUT2D eigenvalue weighted by molar-refractivity contribution is 7.92. The van der Waals surface area contributed by atoms with Crippen molar-refractivity contribution in [3.63, 3.8) is 0 Å². The summed E-state index contributed by atoms with van der Waals surface area (Å²) < 4.78 is 31.5. The van der Waals surface area contributed by atoms with E-state index in [-0.39, 0.29) is 9.96 Å². The van der Waals surface area contributed by atoms with Gasteiger partial charge in [0.15, 0.2) is 4.21 Å². The number of hydrogen-bond acceptors (Lipinski definition) is 5. The summed E-state index contributed by atoms with van der Waals surface area (Å²) in [6.45, 7) is 0. The molecular formula is C13H17NO4S2. The zero-order chi connectivity index (χ0) is 14.6. The van der Waals surface area contributed by atoms with Gasteiger partial charge in [-0.15, -0.1) is 11.3 Å². The van der Waals surface area contributed by atoms with E-state index in [9.17, 15) is 13.2 Å². The van der Waals surface area contributed by atoms with Crippen LogP contribution in [0.1, 0.15) is 32.1 Å². The number of allylic oxidation sites excluding steroid dienone is 1. The number of hydrogen-bond donors (Lipinski definition) is 1.